The van der Waals surface area contributed by atoms with E-state index in [0.717, 1.165) is 4.31 Å². The molecule has 10 heteroatoms. The summed E-state index contributed by atoms with van der Waals surface area (Å²) in [6.07, 6.45) is 0.677. The van der Waals surface area contributed by atoms with Crippen LogP contribution in [0.5, 0.6) is 0 Å². The molecule has 0 fully saturated rings. The highest BCUT2D eigenvalue weighted by atomic mass is 35.5. The number of halogens is 2. The summed E-state index contributed by atoms with van der Waals surface area (Å²) < 4.78 is 43.3. The number of aryl methyl sites for hydroxylation is 1. The summed E-state index contributed by atoms with van der Waals surface area (Å²) in [6, 6.07) is 17.3. The lowest BCUT2D eigenvalue weighted by Crippen LogP contribution is -2.52. The van der Waals surface area contributed by atoms with E-state index in [0.29, 0.717) is 17.0 Å². The Kier molecular flexibility index (Phi) is 10.1. The Morgan fingerprint density at radius 2 is 1.64 bits per heavy atom. The highest BCUT2D eigenvalue weighted by molar-refractivity contribution is 7.92. The van der Waals surface area contributed by atoms with Crippen LogP contribution >= 0.6 is 11.6 Å². The predicted molar refractivity (Wildman–Crippen MR) is 151 cm³/mol. The molecule has 1 N–H and O–H groups in total. The van der Waals surface area contributed by atoms with Gasteiger partial charge in [-0.2, -0.15) is 0 Å². The van der Waals surface area contributed by atoms with Crippen LogP contribution in [0.2, 0.25) is 5.02 Å². The van der Waals surface area contributed by atoms with E-state index >= 15 is 0 Å². The molecule has 0 aromatic heterocycles. The number of anilines is 1. The van der Waals surface area contributed by atoms with Crippen molar-refractivity contribution in [2.75, 3.05) is 10.8 Å². The third-order valence-electron chi connectivity index (χ3n) is 6.52. The zero-order chi connectivity index (χ0) is 28.7. The average Bonchev–Trinajstić information content (AvgIpc) is 2.92. The van der Waals surface area contributed by atoms with Gasteiger partial charge in [0.25, 0.3) is 10.0 Å². The number of hydrogen-bond acceptors (Lipinski definition) is 4. The first-order valence-electron chi connectivity index (χ1n) is 12.6. The maximum atomic E-state index is 14.6. The minimum atomic E-state index is -4.22. The van der Waals surface area contributed by atoms with E-state index in [2.05, 4.69) is 5.32 Å². The van der Waals surface area contributed by atoms with Gasteiger partial charge >= 0.3 is 0 Å². The molecule has 39 heavy (non-hydrogen) atoms. The lowest BCUT2D eigenvalue weighted by Gasteiger charge is -2.33. The number of nitrogens with zero attached hydrogens (tertiary/aromatic N) is 2. The number of rotatable bonds is 11. The van der Waals surface area contributed by atoms with E-state index in [1.54, 1.807) is 43.3 Å². The number of sulfonamides is 1. The Bertz CT molecular complexity index is 1420. The Balaban J connectivity index is 2.07. The first-order valence-corrected chi connectivity index (χ1v) is 14.4. The van der Waals surface area contributed by atoms with E-state index in [9.17, 15) is 22.4 Å². The second kappa shape index (κ2) is 13.1. The number of amides is 2. The number of carbonyl (C=O) groups excluding carboxylic acids is 2. The monoisotopic (exact) mass is 573 g/mol. The molecular formula is C29H33ClFN3O4S. The molecule has 0 saturated heterocycles. The summed E-state index contributed by atoms with van der Waals surface area (Å²) in [7, 11) is -4.22. The molecule has 2 amide bonds. The Labute approximate surface area is 234 Å². The smallest absolute Gasteiger partial charge is 0.264 e. The number of nitrogens with one attached hydrogen (secondary N) is 1. The summed E-state index contributed by atoms with van der Waals surface area (Å²) in [5, 5.41) is 3.14. The molecule has 0 aliphatic carbocycles. The molecule has 7 nitrogen and oxygen atoms in total. The normalized spacial score (nSPS) is 12.9. The van der Waals surface area contributed by atoms with E-state index in [-0.39, 0.29) is 28.7 Å². The fraction of sp³-hybridized carbons (Fsp3) is 0.310. The molecule has 0 bridgehead atoms. The molecule has 0 spiro atoms. The maximum Gasteiger partial charge on any atom is 0.264 e. The molecule has 0 unspecified atom stereocenters. The van der Waals surface area contributed by atoms with Gasteiger partial charge in [-0.15, -0.1) is 0 Å². The van der Waals surface area contributed by atoms with Crippen LogP contribution in [0.1, 0.15) is 38.3 Å². The van der Waals surface area contributed by atoms with Gasteiger partial charge in [-0.05, 0) is 63.1 Å². The van der Waals surface area contributed by atoms with Gasteiger partial charge in [0.15, 0.2) is 0 Å². The quantitative estimate of drug-likeness (QED) is 0.337. The molecule has 3 aromatic rings. The van der Waals surface area contributed by atoms with Gasteiger partial charge in [-0.3, -0.25) is 13.9 Å². The zero-order valence-electron chi connectivity index (χ0n) is 22.4. The van der Waals surface area contributed by atoms with E-state index in [1.807, 2.05) is 13.8 Å². The molecule has 0 radical (unpaired) electrons. The van der Waals surface area contributed by atoms with Crippen LogP contribution in [0.15, 0.2) is 77.7 Å². The molecule has 0 aliphatic rings. The summed E-state index contributed by atoms with van der Waals surface area (Å²) in [4.78, 5) is 28.1. The Hall–Kier alpha value is -3.43. The molecule has 208 valence electrons. The molecule has 0 saturated carbocycles. The second-order valence-corrected chi connectivity index (χ2v) is 11.7. The minimum Gasteiger partial charge on any atom is -0.352 e. The third-order valence-corrected chi connectivity index (χ3v) is 8.53. The lowest BCUT2D eigenvalue weighted by molar-refractivity contribution is -0.139. The van der Waals surface area contributed by atoms with Gasteiger partial charge < -0.3 is 10.2 Å². The van der Waals surface area contributed by atoms with Crippen molar-refractivity contribution < 1.29 is 22.4 Å². The zero-order valence-corrected chi connectivity index (χ0v) is 24.0. The van der Waals surface area contributed by atoms with E-state index < -0.39 is 40.2 Å². The van der Waals surface area contributed by atoms with Crippen molar-refractivity contribution in [1.29, 1.82) is 0 Å². The van der Waals surface area contributed by atoms with Gasteiger partial charge in [0.1, 0.15) is 18.4 Å². The highest BCUT2D eigenvalue weighted by Gasteiger charge is 2.33. The summed E-state index contributed by atoms with van der Waals surface area (Å²) in [6.45, 7) is 6.14. The molecular weight excluding hydrogens is 541 g/mol. The van der Waals surface area contributed by atoms with Crippen LogP contribution in [0, 0.1) is 12.7 Å². The van der Waals surface area contributed by atoms with Crippen molar-refractivity contribution in [2.45, 2.75) is 57.6 Å². The van der Waals surface area contributed by atoms with Crippen molar-refractivity contribution >= 4 is 39.1 Å². The summed E-state index contributed by atoms with van der Waals surface area (Å²) in [5.41, 5.74) is 1.00. The first kappa shape index (κ1) is 30.1. The van der Waals surface area contributed by atoms with Gasteiger partial charge in [0.2, 0.25) is 11.8 Å². The lowest BCUT2D eigenvalue weighted by atomic mass is 10.1. The van der Waals surface area contributed by atoms with Crippen LogP contribution in [0.4, 0.5) is 10.1 Å². The van der Waals surface area contributed by atoms with E-state index in [4.69, 9.17) is 11.6 Å². The Morgan fingerprint density at radius 1 is 1.00 bits per heavy atom. The summed E-state index contributed by atoms with van der Waals surface area (Å²) >= 11 is 6.22. The van der Waals surface area contributed by atoms with Crippen molar-refractivity contribution in [3.05, 3.63) is 94.8 Å². The highest BCUT2D eigenvalue weighted by Crippen LogP contribution is 2.30. The maximum absolute atomic E-state index is 14.6. The second-order valence-electron chi connectivity index (χ2n) is 9.36. The van der Waals surface area contributed by atoms with Gasteiger partial charge in [-0.1, -0.05) is 61.0 Å². The number of hydrogen-bond donors (Lipinski definition) is 1. The fourth-order valence-corrected chi connectivity index (χ4v) is 5.60. The Morgan fingerprint density at radius 3 is 2.28 bits per heavy atom. The number of carbonyl (C=O) groups is 2. The van der Waals surface area contributed by atoms with Crippen molar-refractivity contribution in [1.82, 2.24) is 10.2 Å². The van der Waals surface area contributed by atoms with Crippen LogP contribution in [0.3, 0.4) is 0 Å². The van der Waals surface area contributed by atoms with Crippen molar-refractivity contribution in [3.8, 4) is 0 Å². The standard InChI is InChI=1S/C29H33ClFN3O4S/c1-5-21(3)32-29(36)22(4)33(18-23-11-9-10-14-26(23)31)28(35)19-34(27-17-24(30)16-15-20(27)2)39(37,38)25-12-7-6-8-13-25/h6-17,21-22H,5,18-19H2,1-4H3,(H,32,36)/t21-,22-/m1/s1. The van der Waals surface area contributed by atoms with Gasteiger partial charge in [0, 0.05) is 23.2 Å². The largest absolute Gasteiger partial charge is 0.352 e. The molecule has 0 heterocycles. The summed E-state index contributed by atoms with van der Waals surface area (Å²) in [5.74, 6) is -1.64. The minimum absolute atomic E-state index is 0.0135. The van der Waals surface area contributed by atoms with Crippen LogP contribution in [-0.2, 0) is 26.2 Å². The average molecular weight is 574 g/mol. The van der Waals surface area contributed by atoms with Crippen LogP contribution in [-0.4, -0.2) is 43.8 Å². The molecule has 3 aromatic carbocycles. The van der Waals surface area contributed by atoms with Crippen molar-refractivity contribution in [3.63, 3.8) is 0 Å². The topological polar surface area (TPSA) is 86.8 Å². The number of benzene rings is 3. The third kappa shape index (κ3) is 7.36. The van der Waals surface area contributed by atoms with Crippen LogP contribution in [0.25, 0.3) is 0 Å². The SMILES string of the molecule is CC[C@@H](C)NC(=O)[C@@H](C)N(Cc1ccccc1F)C(=O)CN(c1cc(Cl)ccc1C)S(=O)(=O)c1ccccc1. The molecule has 0 aliphatic heterocycles. The predicted octanol–water partition coefficient (Wildman–Crippen LogP) is 5.31. The van der Waals surface area contributed by atoms with Gasteiger partial charge in [0.05, 0.1) is 10.6 Å². The molecule has 2 atom stereocenters. The van der Waals surface area contributed by atoms with Gasteiger partial charge in [-0.25, -0.2) is 12.8 Å². The fourth-order valence-electron chi connectivity index (χ4n) is 3.94. The van der Waals surface area contributed by atoms with Crippen molar-refractivity contribution in [2.24, 2.45) is 0 Å². The van der Waals surface area contributed by atoms with E-state index in [1.165, 1.54) is 48.2 Å². The molecule has 3 rings (SSSR count). The first-order chi connectivity index (χ1) is 18.4. The van der Waals surface area contributed by atoms with Crippen LogP contribution < -0.4 is 9.62 Å².